The predicted molar refractivity (Wildman–Crippen MR) is 98.9 cm³/mol. The molecule has 0 aromatic heterocycles. The van der Waals surface area contributed by atoms with Crippen LogP contribution in [0.3, 0.4) is 0 Å². The summed E-state index contributed by atoms with van der Waals surface area (Å²) in [7, 11) is 0. The van der Waals surface area contributed by atoms with Crippen LogP contribution in [0.5, 0.6) is 5.75 Å². The highest BCUT2D eigenvalue weighted by Gasteiger charge is 2.31. The van der Waals surface area contributed by atoms with Gasteiger partial charge in [-0.3, -0.25) is 4.79 Å². The number of rotatable bonds is 4. The zero-order chi connectivity index (χ0) is 18.7. The molecular weight excluding hydrogens is 379 g/mol. The maximum atomic E-state index is 12.2. The Labute approximate surface area is 159 Å². The molecule has 2 aromatic rings. The van der Waals surface area contributed by atoms with Crippen molar-refractivity contribution in [2.24, 2.45) is 5.16 Å². The summed E-state index contributed by atoms with van der Waals surface area (Å²) in [6, 6.07) is 11.4. The average Bonchev–Trinajstić information content (AvgIpc) is 3.06. The molecular formula is C18H14Cl2N2O4. The van der Waals surface area contributed by atoms with Gasteiger partial charge in [0.05, 0.1) is 10.7 Å². The van der Waals surface area contributed by atoms with Crippen LogP contribution in [-0.4, -0.2) is 23.7 Å². The minimum Gasteiger partial charge on any atom is -0.424 e. The van der Waals surface area contributed by atoms with Crippen LogP contribution < -0.4 is 10.1 Å². The van der Waals surface area contributed by atoms with Gasteiger partial charge in [-0.1, -0.05) is 34.4 Å². The van der Waals surface area contributed by atoms with Crippen LogP contribution in [0.2, 0.25) is 10.0 Å². The molecule has 0 unspecified atom stereocenters. The molecule has 26 heavy (non-hydrogen) atoms. The van der Waals surface area contributed by atoms with E-state index in [0.717, 1.165) is 0 Å². The van der Waals surface area contributed by atoms with Gasteiger partial charge >= 0.3 is 5.97 Å². The largest absolute Gasteiger partial charge is 0.424 e. The third-order valence-electron chi connectivity index (χ3n) is 3.57. The Morgan fingerprint density at radius 1 is 1.19 bits per heavy atom. The first kappa shape index (κ1) is 18.2. The topological polar surface area (TPSA) is 77.0 Å². The van der Waals surface area contributed by atoms with E-state index in [-0.39, 0.29) is 12.3 Å². The van der Waals surface area contributed by atoms with E-state index in [9.17, 15) is 9.59 Å². The monoisotopic (exact) mass is 392 g/mol. The van der Waals surface area contributed by atoms with Crippen LogP contribution >= 0.6 is 23.2 Å². The Kier molecular flexibility index (Phi) is 5.44. The van der Waals surface area contributed by atoms with Crippen molar-refractivity contribution in [2.45, 2.75) is 19.4 Å². The molecule has 1 atom stereocenters. The minimum atomic E-state index is -0.855. The van der Waals surface area contributed by atoms with E-state index in [1.54, 1.807) is 42.5 Å². The van der Waals surface area contributed by atoms with Crippen molar-refractivity contribution in [1.29, 1.82) is 0 Å². The number of oxime groups is 1. The predicted octanol–water partition coefficient (Wildman–Crippen LogP) is 4.05. The van der Waals surface area contributed by atoms with E-state index in [1.807, 2.05) is 0 Å². The fourth-order valence-electron chi connectivity index (χ4n) is 2.38. The van der Waals surface area contributed by atoms with Crippen molar-refractivity contribution >= 4 is 46.5 Å². The second kappa shape index (κ2) is 7.76. The van der Waals surface area contributed by atoms with Gasteiger partial charge in [0.1, 0.15) is 5.75 Å². The smallest absolute Gasteiger partial charge is 0.356 e. The molecule has 134 valence electrons. The highest BCUT2D eigenvalue weighted by molar-refractivity contribution is 6.37. The van der Waals surface area contributed by atoms with Crippen molar-refractivity contribution in [3.63, 3.8) is 0 Å². The van der Waals surface area contributed by atoms with Crippen molar-refractivity contribution in [2.75, 3.05) is 5.32 Å². The zero-order valence-corrected chi connectivity index (χ0v) is 15.2. The molecule has 6 nitrogen and oxygen atoms in total. The molecule has 0 spiro atoms. The van der Waals surface area contributed by atoms with Crippen molar-refractivity contribution in [3.05, 3.63) is 58.1 Å². The van der Waals surface area contributed by atoms with E-state index >= 15 is 0 Å². The van der Waals surface area contributed by atoms with Crippen LogP contribution in [-0.2, 0) is 14.4 Å². The standard InChI is InChI=1S/C18H14Cl2N2O4/c1-10(23)21-12-3-5-13(6-4-12)25-18(24)17-9-16(22-26-17)14-7-2-11(19)8-15(14)20/h2-8,17H,9H2,1H3,(H,21,23)/t17-/m1/s1. The Hall–Kier alpha value is -2.57. The molecule has 0 fully saturated rings. The molecule has 0 aliphatic carbocycles. The number of anilines is 1. The summed E-state index contributed by atoms with van der Waals surface area (Å²) < 4.78 is 5.29. The lowest BCUT2D eigenvalue weighted by Crippen LogP contribution is -2.26. The first-order valence-electron chi connectivity index (χ1n) is 7.70. The lowest BCUT2D eigenvalue weighted by atomic mass is 10.1. The van der Waals surface area contributed by atoms with E-state index in [0.29, 0.717) is 32.8 Å². The van der Waals surface area contributed by atoms with Crippen LogP contribution in [0, 0.1) is 0 Å². The van der Waals surface area contributed by atoms with Crippen molar-refractivity contribution in [3.8, 4) is 5.75 Å². The van der Waals surface area contributed by atoms with Crippen LogP contribution in [0.4, 0.5) is 5.69 Å². The Balaban J connectivity index is 1.61. The van der Waals surface area contributed by atoms with Gasteiger partial charge in [0.15, 0.2) is 0 Å². The number of carbonyl (C=O) groups is 2. The summed E-state index contributed by atoms with van der Waals surface area (Å²) >= 11 is 12.0. The number of benzene rings is 2. The number of carbonyl (C=O) groups excluding carboxylic acids is 2. The number of nitrogens with one attached hydrogen (secondary N) is 1. The van der Waals surface area contributed by atoms with Gasteiger partial charge in [-0.15, -0.1) is 0 Å². The van der Waals surface area contributed by atoms with E-state index in [1.165, 1.54) is 6.92 Å². The van der Waals surface area contributed by atoms with Crippen molar-refractivity contribution in [1.82, 2.24) is 0 Å². The normalized spacial score (nSPS) is 15.8. The van der Waals surface area contributed by atoms with Gasteiger partial charge in [-0.2, -0.15) is 0 Å². The summed E-state index contributed by atoms with van der Waals surface area (Å²) in [5.41, 5.74) is 1.82. The average molecular weight is 393 g/mol. The van der Waals surface area contributed by atoms with Crippen LogP contribution in [0.25, 0.3) is 0 Å². The van der Waals surface area contributed by atoms with Crippen molar-refractivity contribution < 1.29 is 19.2 Å². The number of hydrogen-bond donors (Lipinski definition) is 1. The summed E-state index contributed by atoms with van der Waals surface area (Å²) in [6.07, 6.45) is -0.615. The number of halogens is 2. The lowest BCUT2D eigenvalue weighted by molar-refractivity contribution is -0.145. The molecule has 1 aliphatic rings. The molecule has 0 saturated carbocycles. The number of amides is 1. The summed E-state index contributed by atoms with van der Waals surface area (Å²) in [5.74, 6) is -0.411. The molecule has 1 aliphatic heterocycles. The van der Waals surface area contributed by atoms with Gasteiger partial charge in [-0.25, -0.2) is 4.79 Å². The van der Waals surface area contributed by atoms with Crippen LogP contribution in [0.1, 0.15) is 18.9 Å². The molecule has 8 heteroatoms. The molecule has 1 amide bonds. The number of nitrogens with zero attached hydrogens (tertiary/aromatic N) is 1. The lowest BCUT2D eigenvalue weighted by Gasteiger charge is -2.09. The molecule has 0 saturated heterocycles. The number of esters is 1. The Bertz CT molecular complexity index is 881. The number of ether oxygens (including phenoxy) is 1. The summed E-state index contributed by atoms with van der Waals surface area (Å²) in [6.45, 7) is 1.41. The third kappa shape index (κ3) is 4.33. The first-order valence-corrected chi connectivity index (χ1v) is 8.45. The second-order valence-electron chi connectivity index (χ2n) is 5.59. The number of hydrogen-bond acceptors (Lipinski definition) is 5. The van der Waals surface area contributed by atoms with E-state index in [4.69, 9.17) is 32.8 Å². The summed E-state index contributed by atoms with van der Waals surface area (Å²) in [4.78, 5) is 28.4. The zero-order valence-electron chi connectivity index (χ0n) is 13.7. The van der Waals surface area contributed by atoms with E-state index in [2.05, 4.69) is 10.5 Å². The van der Waals surface area contributed by atoms with Gasteiger partial charge in [0, 0.05) is 29.6 Å². The first-order chi connectivity index (χ1) is 12.4. The second-order valence-corrected chi connectivity index (χ2v) is 6.43. The molecule has 0 bridgehead atoms. The third-order valence-corrected chi connectivity index (χ3v) is 4.11. The van der Waals surface area contributed by atoms with Gasteiger partial charge < -0.3 is 14.9 Å². The fraction of sp³-hybridized carbons (Fsp3) is 0.167. The highest BCUT2D eigenvalue weighted by Crippen LogP contribution is 2.26. The molecule has 1 N–H and O–H groups in total. The molecule has 3 rings (SSSR count). The van der Waals surface area contributed by atoms with Gasteiger partial charge in [0.2, 0.25) is 12.0 Å². The Morgan fingerprint density at radius 2 is 1.92 bits per heavy atom. The fourth-order valence-corrected chi connectivity index (χ4v) is 2.90. The minimum absolute atomic E-state index is 0.181. The Morgan fingerprint density at radius 3 is 2.58 bits per heavy atom. The SMILES string of the molecule is CC(=O)Nc1ccc(OC(=O)[C@H]2CC(c3ccc(Cl)cc3Cl)=NO2)cc1. The van der Waals surface area contributed by atoms with Crippen LogP contribution in [0.15, 0.2) is 47.6 Å². The molecule has 1 heterocycles. The summed E-state index contributed by atoms with van der Waals surface area (Å²) in [5, 5.41) is 7.50. The van der Waals surface area contributed by atoms with Gasteiger partial charge in [-0.05, 0) is 36.4 Å². The molecule has 0 radical (unpaired) electrons. The van der Waals surface area contributed by atoms with E-state index < -0.39 is 12.1 Å². The maximum Gasteiger partial charge on any atom is 0.356 e. The molecule has 2 aromatic carbocycles. The quantitative estimate of drug-likeness (QED) is 0.628. The van der Waals surface area contributed by atoms with Gasteiger partial charge in [0.25, 0.3) is 0 Å². The highest BCUT2D eigenvalue weighted by atomic mass is 35.5. The maximum absolute atomic E-state index is 12.2.